The maximum absolute atomic E-state index is 12.6. The fraction of sp³-hybridized carbons (Fsp3) is 0.385. The van der Waals surface area contributed by atoms with E-state index in [1.807, 2.05) is 13.8 Å². The molecule has 0 aromatic heterocycles. The molecular weight excluding hydrogens is 330 g/mol. The molecule has 0 spiro atoms. The van der Waals surface area contributed by atoms with Crippen LogP contribution in [0.5, 0.6) is 0 Å². The van der Waals surface area contributed by atoms with Gasteiger partial charge in [-0.15, -0.1) is 6.58 Å². The Bertz CT molecular complexity index is 555. The van der Waals surface area contributed by atoms with Gasteiger partial charge in [0.25, 0.3) is 0 Å². The van der Waals surface area contributed by atoms with Gasteiger partial charge >= 0.3 is 0 Å². The summed E-state index contributed by atoms with van der Waals surface area (Å²) in [5.74, 6) is 0. The third-order valence-electron chi connectivity index (χ3n) is 2.65. The van der Waals surface area contributed by atoms with E-state index in [4.69, 9.17) is 5.11 Å². The zero-order valence-electron chi connectivity index (χ0n) is 11.0. The van der Waals surface area contributed by atoms with E-state index in [1.165, 1.54) is 10.4 Å². The zero-order chi connectivity index (χ0) is 14.6. The summed E-state index contributed by atoms with van der Waals surface area (Å²) in [4.78, 5) is 0.162. The van der Waals surface area contributed by atoms with Gasteiger partial charge in [-0.25, -0.2) is 8.42 Å². The molecule has 6 heteroatoms. The largest absolute Gasteiger partial charge is 0.392 e. The van der Waals surface area contributed by atoms with Crippen LogP contribution in [0, 0.1) is 0 Å². The second-order valence-electron chi connectivity index (χ2n) is 4.38. The standard InChI is InChI=1S/C13H18BrNO3S/c1-4-7-15(10(2)3)19(17,18)13-8-11(9-16)5-6-12(13)14/h4-6,8,10,16H,1,7,9H2,2-3H3. The Hall–Kier alpha value is -0.690. The van der Waals surface area contributed by atoms with Crippen molar-refractivity contribution < 1.29 is 13.5 Å². The first-order chi connectivity index (χ1) is 8.84. The molecule has 106 valence electrons. The number of halogens is 1. The Morgan fingerprint density at radius 2 is 2.11 bits per heavy atom. The number of aliphatic hydroxyl groups is 1. The lowest BCUT2D eigenvalue weighted by Crippen LogP contribution is -2.37. The maximum atomic E-state index is 12.6. The first-order valence-corrected chi connectivity index (χ1v) is 8.10. The smallest absolute Gasteiger partial charge is 0.244 e. The summed E-state index contributed by atoms with van der Waals surface area (Å²) in [6.45, 7) is 7.26. The lowest BCUT2D eigenvalue weighted by Gasteiger charge is -2.25. The Balaban J connectivity index is 3.36. The molecule has 0 aliphatic rings. The van der Waals surface area contributed by atoms with Gasteiger partial charge in [0.15, 0.2) is 0 Å². The summed E-state index contributed by atoms with van der Waals surface area (Å²) in [5, 5.41) is 9.13. The number of rotatable bonds is 6. The number of sulfonamides is 1. The minimum Gasteiger partial charge on any atom is -0.392 e. The van der Waals surface area contributed by atoms with Crippen LogP contribution >= 0.6 is 15.9 Å². The van der Waals surface area contributed by atoms with E-state index in [2.05, 4.69) is 22.5 Å². The lowest BCUT2D eigenvalue weighted by molar-refractivity contribution is 0.281. The molecule has 0 aliphatic heterocycles. The van der Waals surface area contributed by atoms with E-state index >= 15 is 0 Å². The molecule has 0 heterocycles. The molecule has 1 aromatic carbocycles. The number of nitrogens with zero attached hydrogens (tertiary/aromatic N) is 1. The molecule has 0 radical (unpaired) electrons. The predicted octanol–water partition coefficient (Wildman–Crippen LogP) is 2.53. The van der Waals surface area contributed by atoms with Crippen molar-refractivity contribution in [1.82, 2.24) is 4.31 Å². The van der Waals surface area contributed by atoms with E-state index in [1.54, 1.807) is 18.2 Å². The van der Waals surface area contributed by atoms with Gasteiger partial charge in [-0.05, 0) is 47.5 Å². The van der Waals surface area contributed by atoms with Crippen molar-refractivity contribution in [2.24, 2.45) is 0 Å². The van der Waals surface area contributed by atoms with Gasteiger partial charge in [0.2, 0.25) is 10.0 Å². The molecule has 0 unspecified atom stereocenters. The quantitative estimate of drug-likeness (QED) is 0.804. The number of hydrogen-bond donors (Lipinski definition) is 1. The minimum absolute atomic E-state index is 0.162. The molecule has 0 atom stereocenters. The highest BCUT2D eigenvalue weighted by Gasteiger charge is 2.28. The number of aliphatic hydroxyl groups excluding tert-OH is 1. The average Bonchev–Trinajstić information content (AvgIpc) is 2.35. The van der Waals surface area contributed by atoms with Crippen molar-refractivity contribution in [2.75, 3.05) is 6.54 Å². The van der Waals surface area contributed by atoms with Gasteiger partial charge in [-0.2, -0.15) is 4.31 Å². The predicted molar refractivity (Wildman–Crippen MR) is 79.3 cm³/mol. The van der Waals surface area contributed by atoms with Gasteiger partial charge in [0, 0.05) is 17.1 Å². The molecule has 0 saturated carbocycles. The number of benzene rings is 1. The summed E-state index contributed by atoms with van der Waals surface area (Å²) in [6.07, 6.45) is 1.56. The highest BCUT2D eigenvalue weighted by Crippen LogP contribution is 2.27. The molecule has 0 saturated heterocycles. The monoisotopic (exact) mass is 347 g/mol. The van der Waals surface area contributed by atoms with Crippen LogP contribution in [0.3, 0.4) is 0 Å². The van der Waals surface area contributed by atoms with Crippen molar-refractivity contribution in [2.45, 2.75) is 31.4 Å². The fourth-order valence-electron chi connectivity index (χ4n) is 1.68. The van der Waals surface area contributed by atoms with E-state index in [-0.39, 0.29) is 24.1 Å². The van der Waals surface area contributed by atoms with Crippen LogP contribution in [0.1, 0.15) is 19.4 Å². The third kappa shape index (κ3) is 3.66. The van der Waals surface area contributed by atoms with Crippen LogP contribution in [0.15, 0.2) is 40.2 Å². The second-order valence-corrected chi connectivity index (χ2v) is 7.09. The molecular formula is C13H18BrNO3S. The van der Waals surface area contributed by atoms with E-state index in [9.17, 15) is 8.42 Å². The molecule has 1 aromatic rings. The molecule has 0 amide bonds. The van der Waals surface area contributed by atoms with E-state index < -0.39 is 10.0 Å². The molecule has 1 N–H and O–H groups in total. The molecule has 0 fully saturated rings. The first-order valence-electron chi connectivity index (χ1n) is 5.86. The normalized spacial score (nSPS) is 12.1. The summed E-state index contributed by atoms with van der Waals surface area (Å²) >= 11 is 3.25. The van der Waals surface area contributed by atoms with E-state index in [0.29, 0.717) is 10.0 Å². The third-order valence-corrected chi connectivity index (χ3v) is 5.69. The highest BCUT2D eigenvalue weighted by molar-refractivity contribution is 9.10. The van der Waals surface area contributed by atoms with Crippen LogP contribution in [0.25, 0.3) is 0 Å². The summed E-state index contributed by atoms with van der Waals surface area (Å²) < 4.78 is 27.1. The Kier molecular flexibility index (Phi) is 5.73. The van der Waals surface area contributed by atoms with Crippen LogP contribution in [0.4, 0.5) is 0 Å². The van der Waals surface area contributed by atoms with Gasteiger partial charge in [-0.1, -0.05) is 12.1 Å². The van der Waals surface area contributed by atoms with Crippen molar-refractivity contribution in [3.63, 3.8) is 0 Å². The van der Waals surface area contributed by atoms with Crippen molar-refractivity contribution in [1.29, 1.82) is 0 Å². The molecule has 4 nitrogen and oxygen atoms in total. The van der Waals surface area contributed by atoms with Crippen LogP contribution < -0.4 is 0 Å². The van der Waals surface area contributed by atoms with Crippen molar-refractivity contribution in [3.05, 3.63) is 40.9 Å². The van der Waals surface area contributed by atoms with Gasteiger partial charge in [0.1, 0.15) is 0 Å². The molecule has 0 bridgehead atoms. The summed E-state index contributed by atoms with van der Waals surface area (Å²) in [5.41, 5.74) is 0.559. The van der Waals surface area contributed by atoms with Crippen molar-refractivity contribution >= 4 is 26.0 Å². The SMILES string of the molecule is C=CCN(C(C)C)S(=O)(=O)c1cc(CO)ccc1Br. The van der Waals surface area contributed by atoms with Crippen LogP contribution in [-0.2, 0) is 16.6 Å². The highest BCUT2D eigenvalue weighted by atomic mass is 79.9. The van der Waals surface area contributed by atoms with E-state index in [0.717, 1.165) is 0 Å². The topological polar surface area (TPSA) is 57.6 Å². The minimum atomic E-state index is -3.62. The van der Waals surface area contributed by atoms with Crippen LogP contribution in [-0.4, -0.2) is 30.4 Å². The number of hydrogen-bond acceptors (Lipinski definition) is 3. The average molecular weight is 348 g/mol. The van der Waals surface area contributed by atoms with Gasteiger partial charge in [-0.3, -0.25) is 0 Å². The Labute approximate surface area is 122 Å². The van der Waals surface area contributed by atoms with Gasteiger partial charge in [0.05, 0.1) is 11.5 Å². The lowest BCUT2D eigenvalue weighted by atomic mass is 10.2. The molecule has 0 aliphatic carbocycles. The maximum Gasteiger partial charge on any atom is 0.244 e. The second kappa shape index (κ2) is 6.65. The summed E-state index contributed by atoms with van der Waals surface area (Å²) in [7, 11) is -3.62. The zero-order valence-corrected chi connectivity index (χ0v) is 13.4. The van der Waals surface area contributed by atoms with Gasteiger partial charge < -0.3 is 5.11 Å². The summed E-state index contributed by atoms with van der Waals surface area (Å²) in [6, 6.07) is 4.62. The Morgan fingerprint density at radius 3 is 2.58 bits per heavy atom. The van der Waals surface area contributed by atoms with Crippen molar-refractivity contribution in [3.8, 4) is 0 Å². The molecule has 19 heavy (non-hydrogen) atoms. The fourth-order valence-corrected chi connectivity index (χ4v) is 4.27. The first kappa shape index (κ1) is 16.4. The Morgan fingerprint density at radius 1 is 1.47 bits per heavy atom. The molecule has 1 rings (SSSR count). The van der Waals surface area contributed by atoms with Crippen LogP contribution in [0.2, 0.25) is 0 Å².